The van der Waals surface area contributed by atoms with E-state index in [-0.39, 0.29) is 16.4 Å². The molecule has 0 saturated carbocycles. The molecular weight excluding hydrogens is 318 g/mol. The van der Waals surface area contributed by atoms with Crippen molar-refractivity contribution in [1.82, 2.24) is 5.32 Å². The Morgan fingerprint density at radius 1 is 1.09 bits per heavy atom. The Bertz CT molecular complexity index is 811. The number of thiocarbonyl (C=S) groups is 1. The maximum absolute atomic E-state index is 13.7. The smallest absolute Gasteiger partial charge is 0.281 e. The van der Waals surface area contributed by atoms with Crippen molar-refractivity contribution in [3.63, 3.8) is 0 Å². The molecule has 0 aliphatic carbocycles. The van der Waals surface area contributed by atoms with E-state index in [2.05, 4.69) is 5.32 Å². The van der Waals surface area contributed by atoms with Crippen LogP contribution in [-0.4, -0.2) is 11.0 Å². The summed E-state index contributed by atoms with van der Waals surface area (Å²) in [6.45, 7) is 1.93. The Balaban J connectivity index is 1.98. The van der Waals surface area contributed by atoms with Crippen LogP contribution in [0.25, 0.3) is 6.08 Å². The molecule has 1 heterocycles. The number of aryl methyl sites for hydroxylation is 1. The van der Waals surface area contributed by atoms with E-state index in [0.717, 1.165) is 23.8 Å². The van der Waals surface area contributed by atoms with Gasteiger partial charge >= 0.3 is 0 Å². The normalized spacial score (nSPS) is 16.1. The second-order valence-corrected chi connectivity index (χ2v) is 5.49. The van der Waals surface area contributed by atoms with Gasteiger partial charge in [-0.2, -0.15) is 0 Å². The van der Waals surface area contributed by atoms with Crippen LogP contribution in [-0.2, 0) is 4.79 Å². The zero-order valence-corrected chi connectivity index (χ0v) is 13.0. The molecule has 3 rings (SSSR count). The summed E-state index contributed by atoms with van der Waals surface area (Å²) < 4.78 is 27.4. The van der Waals surface area contributed by atoms with Crippen LogP contribution in [0.3, 0.4) is 0 Å². The Morgan fingerprint density at radius 3 is 2.30 bits per heavy atom. The molecule has 0 bridgehead atoms. The topological polar surface area (TPSA) is 32.3 Å². The van der Waals surface area contributed by atoms with Gasteiger partial charge in [0.2, 0.25) is 0 Å². The van der Waals surface area contributed by atoms with Gasteiger partial charge in [-0.25, -0.2) is 8.78 Å². The van der Waals surface area contributed by atoms with Crippen molar-refractivity contribution in [2.45, 2.75) is 6.92 Å². The first kappa shape index (κ1) is 15.3. The highest BCUT2D eigenvalue weighted by Gasteiger charge is 2.32. The van der Waals surface area contributed by atoms with Gasteiger partial charge in [-0.05, 0) is 49.5 Å². The van der Waals surface area contributed by atoms with Gasteiger partial charge in [0.05, 0.1) is 5.69 Å². The lowest BCUT2D eigenvalue weighted by Gasteiger charge is -2.13. The average Bonchev–Trinajstić information content (AvgIpc) is 2.79. The number of hydrogen-bond acceptors (Lipinski definition) is 2. The molecule has 6 heteroatoms. The van der Waals surface area contributed by atoms with Crippen molar-refractivity contribution < 1.29 is 13.6 Å². The minimum absolute atomic E-state index is 0.0274. The summed E-state index contributed by atoms with van der Waals surface area (Å²) in [6.07, 6.45) is 1.13. The number of rotatable bonds is 2. The standard InChI is InChI=1S/C17H12F2N2OS/c1-10-5-7-11(8-6-10)21-16(22)15(20-17(21)23)9-12-13(18)3-2-4-14(12)19/h2-9H,1H3,(H,20,23)/b15-9+. The number of hydrogen-bond donors (Lipinski definition) is 1. The van der Waals surface area contributed by atoms with Gasteiger partial charge in [0.25, 0.3) is 5.91 Å². The van der Waals surface area contributed by atoms with Crippen molar-refractivity contribution in [2.24, 2.45) is 0 Å². The zero-order valence-electron chi connectivity index (χ0n) is 12.1. The van der Waals surface area contributed by atoms with Crippen LogP contribution in [0.2, 0.25) is 0 Å². The predicted molar refractivity (Wildman–Crippen MR) is 88.7 cm³/mol. The van der Waals surface area contributed by atoms with Gasteiger partial charge in [0.1, 0.15) is 17.3 Å². The minimum Gasteiger partial charge on any atom is -0.327 e. The lowest BCUT2D eigenvalue weighted by atomic mass is 10.1. The predicted octanol–water partition coefficient (Wildman–Crippen LogP) is 3.54. The summed E-state index contributed by atoms with van der Waals surface area (Å²) in [5, 5.41) is 2.87. The van der Waals surface area contributed by atoms with Crippen LogP contribution in [0, 0.1) is 18.6 Å². The van der Waals surface area contributed by atoms with E-state index in [9.17, 15) is 13.6 Å². The summed E-state index contributed by atoms with van der Waals surface area (Å²) in [7, 11) is 0. The number of amides is 1. The highest BCUT2D eigenvalue weighted by atomic mass is 32.1. The van der Waals surface area contributed by atoms with Crippen LogP contribution in [0.15, 0.2) is 48.2 Å². The number of halogens is 2. The third-order valence-electron chi connectivity index (χ3n) is 3.46. The highest BCUT2D eigenvalue weighted by Crippen LogP contribution is 2.24. The quantitative estimate of drug-likeness (QED) is 0.675. The van der Waals surface area contributed by atoms with Gasteiger partial charge in [-0.15, -0.1) is 0 Å². The van der Waals surface area contributed by atoms with Crippen molar-refractivity contribution in [3.8, 4) is 0 Å². The Labute approximate surface area is 137 Å². The summed E-state index contributed by atoms with van der Waals surface area (Å²) >= 11 is 5.16. The molecular formula is C17H12F2N2OS. The Kier molecular flexibility index (Phi) is 3.92. The second kappa shape index (κ2) is 5.89. The molecule has 1 saturated heterocycles. The molecule has 23 heavy (non-hydrogen) atoms. The van der Waals surface area contributed by atoms with E-state index in [4.69, 9.17) is 12.2 Å². The SMILES string of the molecule is Cc1ccc(N2C(=O)/C(=C\c3c(F)cccc3F)NC2=S)cc1. The maximum atomic E-state index is 13.7. The first-order chi connectivity index (χ1) is 11.0. The van der Waals surface area contributed by atoms with Crippen LogP contribution in [0.1, 0.15) is 11.1 Å². The number of anilines is 1. The molecule has 0 atom stereocenters. The molecule has 2 aromatic carbocycles. The number of carbonyl (C=O) groups excluding carboxylic acids is 1. The first-order valence-corrected chi connectivity index (χ1v) is 7.26. The summed E-state index contributed by atoms with van der Waals surface area (Å²) in [5.74, 6) is -1.94. The number of nitrogens with one attached hydrogen (secondary N) is 1. The lowest BCUT2D eigenvalue weighted by Crippen LogP contribution is -2.30. The third-order valence-corrected chi connectivity index (χ3v) is 3.74. The monoisotopic (exact) mass is 330 g/mol. The van der Waals surface area contributed by atoms with E-state index in [0.29, 0.717) is 5.69 Å². The van der Waals surface area contributed by atoms with Crippen molar-refractivity contribution in [3.05, 3.63) is 70.9 Å². The van der Waals surface area contributed by atoms with Crippen LogP contribution in [0.5, 0.6) is 0 Å². The largest absolute Gasteiger partial charge is 0.327 e. The van der Waals surface area contributed by atoms with Crippen molar-refractivity contribution in [1.29, 1.82) is 0 Å². The lowest BCUT2D eigenvalue weighted by molar-refractivity contribution is -0.113. The maximum Gasteiger partial charge on any atom is 0.281 e. The molecule has 0 unspecified atom stereocenters. The first-order valence-electron chi connectivity index (χ1n) is 6.85. The molecule has 0 aromatic heterocycles. The Morgan fingerprint density at radius 2 is 1.70 bits per heavy atom. The molecule has 0 spiro atoms. The molecule has 1 amide bonds. The van der Waals surface area contributed by atoms with Gasteiger partial charge in [-0.1, -0.05) is 23.8 Å². The number of carbonyl (C=O) groups is 1. The minimum atomic E-state index is -0.744. The van der Waals surface area contributed by atoms with Crippen molar-refractivity contribution in [2.75, 3.05) is 4.90 Å². The van der Waals surface area contributed by atoms with Gasteiger partial charge in [0, 0.05) is 5.56 Å². The average molecular weight is 330 g/mol. The van der Waals surface area contributed by atoms with E-state index >= 15 is 0 Å². The van der Waals surface area contributed by atoms with E-state index in [1.807, 2.05) is 19.1 Å². The Hall–Kier alpha value is -2.60. The van der Waals surface area contributed by atoms with Crippen molar-refractivity contribution >= 4 is 35.0 Å². The van der Waals surface area contributed by atoms with Gasteiger partial charge in [-0.3, -0.25) is 9.69 Å². The summed E-state index contributed by atoms with van der Waals surface area (Å²) in [6, 6.07) is 10.7. The third kappa shape index (κ3) is 2.85. The molecule has 1 aliphatic rings. The molecule has 0 radical (unpaired) electrons. The second-order valence-electron chi connectivity index (χ2n) is 5.10. The molecule has 1 fully saturated rings. The fraction of sp³-hybridized carbons (Fsp3) is 0.0588. The molecule has 3 nitrogen and oxygen atoms in total. The van der Waals surface area contributed by atoms with E-state index < -0.39 is 17.5 Å². The van der Waals surface area contributed by atoms with Gasteiger partial charge < -0.3 is 5.32 Å². The van der Waals surface area contributed by atoms with E-state index in [1.54, 1.807) is 12.1 Å². The number of benzene rings is 2. The fourth-order valence-electron chi connectivity index (χ4n) is 2.26. The summed E-state index contributed by atoms with van der Waals surface area (Å²) in [4.78, 5) is 13.8. The van der Waals surface area contributed by atoms with Gasteiger partial charge in [0.15, 0.2) is 5.11 Å². The molecule has 2 aromatic rings. The summed E-state index contributed by atoms with van der Waals surface area (Å²) in [5.41, 5.74) is 1.38. The molecule has 1 aliphatic heterocycles. The van der Waals surface area contributed by atoms with Crippen LogP contribution in [0.4, 0.5) is 14.5 Å². The van der Waals surface area contributed by atoms with E-state index in [1.165, 1.54) is 11.0 Å². The molecule has 1 N–H and O–H groups in total. The fourth-order valence-corrected chi connectivity index (χ4v) is 2.55. The zero-order chi connectivity index (χ0) is 16.6. The van der Waals surface area contributed by atoms with Crippen LogP contribution >= 0.6 is 12.2 Å². The highest BCUT2D eigenvalue weighted by molar-refractivity contribution is 7.80. The number of nitrogens with zero attached hydrogens (tertiary/aromatic N) is 1. The van der Waals surface area contributed by atoms with Crippen LogP contribution < -0.4 is 10.2 Å². The molecule has 116 valence electrons.